The fourth-order valence-corrected chi connectivity index (χ4v) is 2.47. The summed E-state index contributed by atoms with van der Waals surface area (Å²) in [7, 11) is 0. The molecule has 2 unspecified atom stereocenters. The van der Waals surface area contributed by atoms with E-state index in [2.05, 4.69) is 38.1 Å². The molecule has 70 valence electrons. The first-order valence-corrected chi connectivity index (χ1v) is 5.40. The molecule has 0 bridgehead atoms. The lowest BCUT2D eigenvalue weighted by molar-refractivity contribution is 0.443. The number of fused-ring (bicyclic) bond motifs is 1. The summed E-state index contributed by atoms with van der Waals surface area (Å²) in [6.07, 6.45) is 3.97. The van der Waals surface area contributed by atoms with E-state index >= 15 is 0 Å². The molecule has 1 aliphatic rings. The summed E-state index contributed by atoms with van der Waals surface area (Å²) in [6, 6.07) is 8.95. The average Bonchev–Trinajstić information content (AvgIpc) is 2.60. The van der Waals surface area contributed by atoms with Crippen LogP contribution >= 0.6 is 0 Å². The molecule has 1 aromatic rings. The zero-order valence-corrected chi connectivity index (χ0v) is 8.59. The minimum atomic E-state index is 0.834. The lowest BCUT2D eigenvalue weighted by atomic mass is 9.87. The summed E-state index contributed by atoms with van der Waals surface area (Å²) in [5.74, 6) is 1.69. The van der Waals surface area contributed by atoms with Crippen LogP contribution in [0.5, 0.6) is 0 Å². The summed E-state index contributed by atoms with van der Waals surface area (Å²) < 4.78 is 0. The van der Waals surface area contributed by atoms with E-state index in [4.69, 9.17) is 0 Å². The third kappa shape index (κ3) is 1.50. The van der Waals surface area contributed by atoms with E-state index in [0.717, 1.165) is 11.8 Å². The van der Waals surface area contributed by atoms with Crippen molar-refractivity contribution in [3.05, 3.63) is 35.4 Å². The van der Waals surface area contributed by atoms with E-state index in [0.29, 0.717) is 0 Å². The van der Waals surface area contributed by atoms with Gasteiger partial charge in [0, 0.05) is 0 Å². The Bertz CT molecular complexity index is 288. The predicted octanol–water partition coefficient (Wildman–Crippen LogP) is 3.76. The number of benzene rings is 1. The fraction of sp³-hybridized carbons (Fsp3) is 0.538. The average molecular weight is 174 g/mol. The van der Waals surface area contributed by atoms with E-state index in [9.17, 15) is 0 Å². The normalized spacial score (nSPS) is 22.8. The van der Waals surface area contributed by atoms with Crippen LogP contribution in [0.15, 0.2) is 24.3 Å². The third-order valence-electron chi connectivity index (χ3n) is 3.51. The minimum absolute atomic E-state index is 0.834. The smallest absolute Gasteiger partial charge is 0.0130 e. The molecule has 0 saturated heterocycles. The molecule has 0 nitrogen and oxygen atoms in total. The van der Waals surface area contributed by atoms with Crippen LogP contribution < -0.4 is 0 Å². The van der Waals surface area contributed by atoms with Gasteiger partial charge >= 0.3 is 0 Å². The maximum Gasteiger partial charge on any atom is -0.0130 e. The molecular formula is C13H18. The molecule has 1 aliphatic carbocycles. The first kappa shape index (κ1) is 8.80. The van der Waals surface area contributed by atoms with Crippen molar-refractivity contribution in [1.82, 2.24) is 0 Å². The van der Waals surface area contributed by atoms with Crippen LogP contribution in [0.3, 0.4) is 0 Å². The third-order valence-corrected chi connectivity index (χ3v) is 3.51. The Labute approximate surface area is 81.0 Å². The van der Waals surface area contributed by atoms with Crippen molar-refractivity contribution in [3.63, 3.8) is 0 Å². The first-order chi connectivity index (χ1) is 6.33. The van der Waals surface area contributed by atoms with Gasteiger partial charge in [-0.2, -0.15) is 0 Å². The van der Waals surface area contributed by atoms with Crippen LogP contribution in [0.4, 0.5) is 0 Å². The molecule has 2 atom stereocenters. The van der Waals surface area contributed by atoms with Gasteiger partial charge in [-0.15, -0.1) is 0 Å². The van der Waals surface area contributed by atoms with Gasteiger partial charge in [0.25, 0.3) is 0 Å². The Morgan fingerprint density at radius 1 is 1.38 bits per heavy atom. The lowest BCUT2D eigenvalue weighted by Gasteiger charge is -2.18. The summed E-state index contributed by atoms with van der Waals surface area (Å²) >= 11 is 0. The van der Waals surface area contributed by atoms with E-state index in [1.54, 1.807) is 11.1 Å². The van der Waals surface area contributed by atoms with E-state index < -0.39 is 0 Å². The molecule has 0 fully saturated rings. The van der Waals surface area contributed by atoms with Crippen LogP contribution in [0, 0.1) is 5.92 Å². The summed E-state index contributed by atoms with van der Waals surface area (Å²) in [6.45, 7) is 4.68. The van der Waals surface area contributed by atoms with Gasteiger partial charge in [-0.3, -0.25) is 0 Å². The molecule has 0 N–H and O–H groups in total. The van der Waals surface area contributed by atoms with Gasteiger partial charge in [0.1, 0.15) is 0 Å². The Balaban J connectivity index is 2.28. The lowest BCUT2D eigenvalue weighted by Crippen LogP contribution is -2.04. The number of hydrogen-bond donors (Lipinski definition) is 0. The van der Waals surface area contributed by atoms with Crippen molar-refractivity contribution >= 4 is 0 Å². The summed E-state index contributed by atoms with van der Waals surface area (Å²) in [5, 5.41) is 0. The van der Waals surface area contributed by atoms with E-state index in [1.165, 1.54) is 19.3 Å². The standard InChI is InChI=1S/C13H18/c1-3-10(2)12-9-8-11-6-4-5-7-13(11)12/h4-7,10,12H,3,8-9H2,1-2H3. The molecule has 0 spiro atoms. The highest BCUT2D eigenvalue weighted by atomic mass is 14.3. The van der Waals surface area contributed by atoms with Crippen LogP contribution in [0.25, 0.3) is 0 Å². The van der Waals surface area contributed by atoms with Crippen molar-refractivity contribution in [3.8, 4) is 0 Å². The highest BCUT2D eigenvalue weighted by molar-refractivity contribution is 5.35. The van der Waals surface area contributed by atoms with Crippen LogP contribution in [0.2, 0.25) is 0 Å². The number of hydrogen-bond acceptors (Lipinski definition) is 0. The Kier molecular flexibility index (Phi) is 2.39. The monoisotopic (exact) mass is 174 g/mol. The van der Waals surface area contributed by atoms with Crippen molar-refractivity contribution < 1.29 is 0 Å². The quantitative estimate of drug-likeness (QED) is 0.640. The summed E-state index contributed by atoms with van der Waals surface area (Å²) in [5.41, 5.74) is 3.21. The topological polar surface area (TPSA) is 0 Å². The molecule has 13 heavy (non-hydrogen) atoms. The maximum atomic E-state index is 2.38. The molecular weight excluding hydrogens is 156 g/mol. The second-order valence-electron chi connectivity index (χ2n) is 4.23. The minimum Gasteiger partial charge on any atom is -0.0651 e. The van der Waals surface area contributed by atoms with Crippen LogP contribution in [0.1, 0.15) is 43.7 Å². The Morgan fingerprint density at radius 2 is 2.15 bits per heavy atom. The highest BCUT2D eigenvalue weighted by Crippen LogP contribution is 2.38. The molecule has 0 heteroatoms. The van der Waals surface area contributed by atoms with Gasteiger partial charge in [-0.25, -0.2) is 0 Å². The number of rotatable bonds is 2. The Morgan fingerprint density at radius 3 is 2.92 bits per heavy atom. The Hall–Kier alpha value is -0.780. The summed E-state index contributed by atoms with van der Waals surface area (Å²) in [4.78, 5) is 0. The molecule has 2 rings (SSSR count). The van der Waals surface area contributed by atoms with Gasteiger partial charge in [0.15, 0.2) is 0 Å². The zero-order valence-electron chi connectivity index (χ0n) is 8.59. The van der Waals surface area contributed by atoms with Crippen LogP contribution in [-0.2, 0) is 6.42 Å². The fourth-order valence-electron chi connectivity index (χ4n) is 2.47. The van der Waals surface area contributed by atoms with Gasteiger partial charge in [0.05, 0.1) is 0 Å². The second kappa shape index (κ2) is 3.53. The molecule has 0 heterocycles. The van der Waals surface area contributed by atoms with Gasteiger partial charge in [0.2, 0.25) is 0 Å². The van der Waals surface area contributed by atoms with Crippen molar-refractivity contribution in [1.29, 1.82) is 0 Å². The highest BCUT2D eigenvalue weighted by Gasteiger charge is 2.25. The van der Waals surface area contributed by atoms with E-state index in [1.807, 2.05) is 0 Å². The van der Waals surface area contributed by atoms with Crippen LogP contribution in [-0.4, -0.2) is 0 Å². The molecule has 0 saturated carbocycles. The largest absolute Gasteiger partial charge is 0.0651 e. The SMILES string of the molecule is CCC(C)C1CCc2ccccc21. The van der Waals surface area contributed by atoms with Crippen molar-refractivity contribution in [2.75, 3.05) is 0 Å². The maximum absolute atomic E-state index is 2.38. The molecule has 0 radical (unpaired) electrons. The van der Waals surface area contributed by atoms with Crippen molar-refractivity contribution in [2.24, 2.45) is 5.92 Å². The second-order valence-corrected chi connectivity index (χ2v) is 4.23. The van der Waals surface area contributed by atoms with Crippen molar-refractivity contribution in [2.45, 2.75) is 39.0 Å². The molecule has 0 amide bonds. The molecule has 0 aromatic heterocycles. The first-order valence-electron chi connectivity index (χ1n) is 5.40. The molecule has 0 aliphatic heterocycles. The van der Waals surface area contributed by atoms with E-state index in [-0.39, 0.29) is 0 Å². The number of aryl methyl sites for hydroxylation is 1. The predicted molar refractivity (Wildman–Crippen MR) is 57.0 cm³/mol. The van der Waals surface area contributed by atoms with Gasteiger partial charge in [-0.1, -0.05) is 44.5 Å². The molecule has 1 aromatic carbocycles. The van der Waals surface area contributed by atoms with Gasteiger partial charge < -0.3 is 0 Å². The van der Waals surface area contributed by atoms with Gasteiger partial charge in [-0.05, 0) is 35.8 Å². The zero-order chi connectivity index (χ0) is 9.26.